The molecule has 0 saturated heterocycles. The Morgan fingerprint density at radius 2 is 2.00 bits per heavy atom. The molecule has 1 N–H and O–H groups in total. The maximum atomic E-state index is 9.27. The Hall–Kier alpha value is -1.53. The molecule has 18 heavy (non-hydrogen) atoms. The molecule has 0 heterocycles. The first kappa shape index (κ1) is 12.9. The second kappa shape index (κ2) is 6.42. The van der Waals surface area contributed by atoms with Crippen molar-refractivity contribution in [2.75, 3.05) is 13.1 Å². The zero-order chi connectivity index (χ0) is 12.8. The fraction of sp³-hybridized carbons (Fsp3) is 0.533. The van der Waals surface area contributed by atoms with Gasteiger partial charge in [0.15, 0.2) is 0 Å². The minimum absolute atomic E-state index is 0.307. The van der Waals surface area contributed by atoms with Crippen LogP contribution < -0.4 is 0 Å². The van der Waals surface area contributed by atoms with E-state index < -0.39 is 0 Å². The molecule has 1 aliphatic carbocycles. The van der Waals surface area contributed by atoms with Crippen molar-refractivity contribution >= 4 is 0 Å². The molecular formula is C15H20N2O. The predicted molar refractivity (Wildman–Crippen MR) is 71.0 cm³/mol. The summed E-state index contributed by atoms with van der Waals surface area (Å²) < 4.78 is 0. The fourth-order valence-electron chi connectivity index (χ4n) is 2.34. The topological polar surface area (TPSA) is 47.3 Å². The van der Waals surface area contributed by atoms with Crippen LogP contribution in [0.5, 0.6) is 5.75 Å². The number of phenolic OH excluding ortho intramolecular Hbond substituents is 1. The predicted octanol–water partition coefficient (Wildman–Crippen LogP) is 2.91. The lowest BCUT2D eigenvalue weighted by molar-refractivity contribution is 0.174. The van der Waals surface area contributed by atoms with Gasteiger partial charge in [-0.3, -0.25) is 4.90 Å². The van der Waals surface area contributed by atoms with Crippen LogP contribution in [0.3, 0.4) is 0 Å². The van der Waals surface area contributed by atoms with E-state index in [1.165, 1.54) is 24.8 Å². The van der Waals surface area contributed by atoms with Crippen molar-refractivity contribution in [3.63, 3.8) is 0 Å². The molecule has 0 amide bonds. The van der Waals surface area contributed by atoms with E-state index in [0.717, 1.165) is 25.6 Å². The quantitative estimate of drug-likeness (QED) is 0.837. The van der Waals surface area contributed by atoms with Gasteiger partial charge in [-0.15, -0.1) is 0 Å². The number of nitriles is 1. The lowest BCUT2D eigenvalue weighted by atomic mass is 9.85. The number of benzene rings is 1. The van der Waals surface area contributed by atoms with Crippen molar-refractivity contribution in [2.45, 2.75) is 32.2 Å². The minimum Gasteiger partial charge on any atom is -0.508 e. The molecule has 0 spiro atoms. The maximum absolute atomic E-state index is 9.27. The Morgan fingerprint density at radius 1 is 1.28 bits per heavy atom. The van der Waals surface area contributed by atoms with Crippen molar-refractivity contribution in [3.8, 4) is 11.8 Å². The monoisotopic (exact) mass is 244 g/mol. The third-order valence-corrected chi connectivity index (χ3v) is 3.62. The van der Waals surface area contributed by atoms with Gasteiger partial charge in [-0.1, -0.05) is 18.6 Å². The maximum Gasteiger partial charge on any atom is 0.115 e. The van der Waals surface area contributed by atoms with Crippen LogP contribution in [0, 0.1) is 17.2 Å². The van der Waals surface area contributed by atoms with Gasteiger partial charge in [0.1, 0.15) is 5.75 Å². The number of aromatic hydroxyl groups is 1. The van der Waals surface area contributed by atoms with Crippen LogP contribution in [0.4, 0.5) is 0 Å². The van der Waals surface area contributed by atoms with Crippen LogP contribution in [0.1, 0.15) is 31.2 Å². The van der Waals surface area contributed by atoms with E-state index in [1.54, 1.807) is 12.1 Å². The summed E-state index contributed by atoms with van der Waals surface area (Å²) in [5, 5.41) is 18.0. The zero-order valence-corrected chi connectivity index (χ0v) is 10.7. The first-order valence-electron chi connectivity index (χ1n) is 6.65. The van der Waals surface area contributed by atoms with E-state index in [4.69, 9.17) is 5.26 Å². The average Bonchev–Trinajstić information content (AvgIpc) is 2.33. The molecule has 3 nitrogen and oxygen atoms in total. The van der Waals surface area contributed by atoms with Crippen molar-refractivity contribution < 1.29 is 5.11 Å². The standard InChI is InChI=1S/C15H20N2O/c16-9-2-10-17(11-13-3-1-4-13)12-14-5-7-15(18)8-6-14/h5-8,13,18H,1-4,10-12H2. The highest BCUT2D eigenvalue weighted by atomic mass is 16.3. The minimum atomic E-state index is 0.307. The third kappa shape index (κ3) is 3.75. The molecule has 2 rings (SSSR count). The van der Waals surface area contributed by atoms with Gasteiger partial charge in [-0.2, -0.15) is 5.26 Å². The number of rotatable bonds is 6. The summed E-state index contributed by atoms with van der Waals surface area (Å²) >= 11 is 0. The van der Waals surface area contributed by atoms with Crippen LogP contribution in [0.25, 0.3) is 0 Å². The van der Waals surface area contributed by atoms with Gasteiger partial charge in [0, 0.05) is 26.1 Å². The smallest absolute Gasteiger partial charge is 0.115 e. The molecule has 0 bridgehead atoms. The van der Waals surface area contributed by atoms with E-state index in [9.17, 15) is 5.11 Å². The second-order valence-electron chi connectivity index (χ2n) is 5.11. The fourth-order valence-corrected chi connectivity index (χ4v) is 2.34. The van der Waals surface area contributed by atoms with Gasteiger partial charge < -0.3 is 5.11 Å². The van der Waals surface area contributed by atoms with Gasteiger partial charge >= 0.3 is 0 Å². The summed E-state index contributed by atoms with van der Waals surface area (Å²) in [6.45, 7) is 2.81. The van der Waals surface area contributed by atoms with Crippen molar-refractivity contribution in [1.82, 2.24) is 4.90 Å². The second-order valence-corrected chi connectivity index (χ2v) is 5.11. The largest absolute Gasteiger partial charge is 0.508 e. The summed E-state index contributed by atoms with van der Waals surface area (Å²) in [6, 6.07) is 9.58. The van der Waals surface area contributed by atoms with Gasteiger partial charge in [-0.25, -0.2) is 0 Å². The van der Waals surface area contributed by atoms with Crippen molar-refractivity contribution in [3.05, 3.63) is 29.8 Å². The highest BCUT2D eigenvalue weighted by molar-refractivity contribution is 5.25. The Kier molecular flexibility index (Phi) is 4.60. The number of nitrogens with zero attached hydrogens (tertiary/aromatic N) is 2. The Morgan fingerprint density at radius 3 is 2.56 bits per heavy atom. The first-order valence-corrected chi connectivity index (χ1v) is 6.65. The average molecular weight is 244 g/mol. The Balaban J connectivity index is 1.90. The van der Waals surface area contributed by atoms with E-state index in [0.29, 0.717) is 12.2 Å². The molecule has 1 fully saturated rings. The summed E-state index contributed by atoms with van der Waals surface area (Å²) in [4.78, 5) is 2.36. The highest BCUT2D eigenvalue weighted by Gasteiger charge is 2.20. The molecule has 0 aliphatic heterocycles. The summed E-state index contributed by atoms with van der Waals surface area (Å²) in [6.07, 6.45) is 4.61. The van der Waals surface area contributed by atoms with E-state index >= 15 is 0 Å². The van der Waals surface area contributed by atoms with Crippen LogP contribution in [-0.2, 0) is 6.54 Å². The van der Waals surface area contributed by atoms with Crippen LogP contribution in [-0.4, -0.2) is 23.1 Å². The van der Waals surface area contributed by atoms with Gasteiger partial charge in [0.05, 0.1) is 6.07 Å². The summed E-state index contributed by atoms with van der Waals surface area (Å²) in [5.74, 6) is 1.13. The molecular weight excluding hydrogens is 224 g/mol. The number of phenols is 1. The number of hydrogen-bond acceptors (Lipinski definition) is 3. The lowest BCUT2D eigenvalue weighted by Crippen LogP contribution is -2.32. The van der Waals surface area contributed by atoms with Crippen LogP contribution in [0.2, 0.25) is 0 Å². The zero-order valence-electron chi connectivity index (χ0n) is 10.7. The van der Waals surface area contributed by atoms with Crippen molar-refractivity contribution in [1.29, 1.82) is 5.26 Å². The molecule has 1 aromatic rings. The molecule has 0 unspecified atom stereocenters. The van der Waals surface area contributed by atoms with Gasteiger partial charge in [-0.05, 0) is 36.5 Å². The molecule has 1 aromatic carbocycles. The Bertz CT molecular complexity index is 403. The molecule has 0 aromatic heterocycles. The van der Waals surface area contributed by atoms with E-state index in [2.05, 4.69) is 11.0 Å². The summed E-state index contributed by atoms with van der Waals surface area (Å²) in [7, 11) is 0. The third-order valence-electron chi connectivity index (χ3n) is 3.62. The van der Waals surface area contributed by atoms with Gasteiger partial charge in [0.2, 0.25) is 0 Å². The molecule has 0 radical (unpaired) electrons. The summed E-state index contributed by atoms with van der Waals surface area (Å²) in [5.41, 5.74) is 1.20. The highest BCUT2D eigenvalue weighted by Crippen LogP contribution is 2.27. The lowest BCUT2D eigenvalue weighted by Gasteiger charge is -2.32. The molecule has 0 atom stereocenters. The van der Waals surface area contributed by atoms with Gasteiger partial charge in [0.25, 0.3) is 0 Å². The van der Waals surface area contributed by atoms with Crippen LogP contribution in [0.15, 0.2) is 24.3 Å². The normalized spacial score (nSPS) is 15.3. The number of hydrogen-bond donors (Lipinski definition) is 1. The first-order chi connectivity index (χ1) is 8.78. The van der Waals surface area contributed by atoms with E-state index in [-0.39, 0.29) is 0 Å². The molecule has 3 heteroatoms. The molecule has 1 aliphatic rings. The molecule has 1 saturated carbocycles. The van der Waals surface area contributed by atoms with E-state index in [1.807, 2.05) is 12.1 Å². The molecule has 96 valence electrons. The van der Waals surface area contributed by atoms with Crippen molar-refractivity contribution in [2.24, 2.45) is 5.92 Å². The SMILES string of the molecule is N#CCCN(Cc1ccc(O)cc1)CC1CCC1. The van der Waals surface area contributed by atoms with Crippen LogP contribution >= 0.6 is 0 Å². The Labute approximate surface area is 109 Å².